The van der Waals surface area contributed by atoms with Crippen LogP contribution in [0.3, 0.4) is 0 Å². The smallest absolute Gasteiger partial charge is 0.317 e. The van der Waals surface area contributed by atoms with Gasteiger partial charge in [-0.2, -0.15) is 0 Å². The Kier molecular flexibility index (Phi) is 11.8. The predicted octanol–water partition coefficient (Wildman–Crippen LogP) is 2.76. The van der Waals surface area contributed by atoms with E-state index in [1.807, 2.05) is 77.1 Å². The fourth-order valence-corrected chi connectivity index (χ4v) is 4.70. The molecule has 0 aliphatic carbocycles. The molecule has 2 unspecified atom stereocenters. The van der Waals surface area contributed by atoms with Crippen LogP contribution in [-0.2, 0) is 16.0 Å². The average molecular weight is 605 g/mol. The largest absolute Gasteiger partial charge is 0.389 e. The third-order valence-electron chi connectivity index (χ3n) is 6.71. The van der Waals surface area contributed by atoms with Crippen molar-refractivity contribution in [2.24, 2.45) is 11.7 Å². The number of nitrogens with zero attached hydrogens (tertiary/aromatic N) is 2. The van der Waals surface area contributed by atoms with E-state index < -0.39 is 47.9 Å². The summed E-state index contributed by atoms with van der Waals surface area (Å²) in [4.78, 5) is 57.7. The third kappa shape index (κ3) is 10.6. The maximum atomic E-state index is 13.6. The van der Waals surface area contributed by atoms with Gasteiger partial charge in [-0.15, -0.1) is 0 Å². The lowest BCUT2D eigenvalue weighted by Gasteiger charge is -2.34. The lowest BCUT2D eigenvalue weighted by atomic mass is 9.99. The predicted molar refractivity (Wildman–Crippen MR) is 170 cm³/mol. The standard InChI is InChI=1S/C33H44N6O5/c1-21(2)19-39(32(44)38-33(3,4)5)20-28(40)26(17-22-11-7-6-8-12-22)36-31(43)27(18-29(34)41)37-30(42)25-16-15-23-13-9-10-14-24(23)35-25/h6-16,21,26-28,40H,17-20H2,1-5H3,(H2,34,41)(H,36,43)(H,37,42)(H,38,44)/t26?,27-,28?/m0/s1. The second kappa shape index (κ2) is 15.3. The molecule has 0 spiro atoms. The lowest BCUT2D eigenvalue weighted by Crippen LogP contribution is -2.57. The molecule has 0 aliphatic rings. The average Bonchev–Trinajstić information content (AvgIpc) is 2.94. The summed E-state index contributed by atoms with van der Waals surface area (Å²) in [6.07, 6.45) is -1.42. The molecule has 44 heavy (non-hydrogen) atoms. The van der Waals surface area contributed by atoms with Crippen molar-refractivity contribution in [1.82, 2.24) is 25.8 Å². The SMILES string of the molecule is CC(C)CN(CC(O)C(Cc1ccccc1)NC(=O)[C@H](CC(N)=O)NC(=O)c1ccc2ccccc2n1)C(=O)NC(C)(C)C. The molecule has 0 bridgehead atoms. The highest BCUT2D eigenvalue weighted by molar-refractivity contribution is 5.99. The number of para-hydroxylation sites is 1. The minimum atomic E-state index is -1.32. The van der Waals surface area contributed by atoms with Crippen LogP contribution in [0, 0.1) is 5.92 Å². The van der Waals surface area contributed by atoms with Crippen LogP contribution in [0.4, 0.5) is 4.79 Å². The fraction of sp³-hybridized carbons (Fsp3) is 0.424. The molecule has 11 heteroatoms. The molecule has 0 saturated carbocycles. The van der Waals surface area contributed by atoms with E-state index in [2.05, 4.69) is 20.9 Å². The molecule has 0 saturated heterocycles. The first-order valence-corrected chi connectivity index (χ1v) is 14.8. The van der Waals surface area contributed by atoms with Crippen LogP contribution in [0.15, 0.2) is 66.7 Å². The number of carbonyl (C=O) groups is 4. The number of nitrogens with two attached hydrogens (primary N) is 1. The van der Waals surface area contributed by atoms with Crippen LogP contribution in [0.25, 0.3) is 10.9 Å². The Balaban J connectivity index is 1.83. The minimum absolute atomic E-state index is 0.0638. The second-order valence-electron chi connectivity index (χ2n) is 12.4. The van der Waals surface area contributed by atoms with Crippen molar-refractivity contribution in [3.05, 3.63) is 78.0 Å². The Hall–Kier alpha value is -4.51. The molecule has 236 valence electrons. The zero-order chi connectivity index (χ0) is 32.4. The Morgan fingerprint density at radius 2 is 1.57 bits per heavy atom. The number of pyridine rings is 1. The van der Waals surface area contributed by atoms with Gasteiger partial charge in [0, 0.05) is 17.5 Å². The number of nitrogens with one attached hydrogen (secondary N) is 3. The van der Waals surface area contributed by atoms with Gasteiger partial charge in [0.1, 0.15) is 11.7 Å². The lowest BCUT2D eigenvalue weighted by molar-refractivity contribution is -0.128. The van der Waals surface area contributed by atoms with Gasteiger partial charge in [-0.1, -0.05) is 68.4 Å². The number of fused-ring (bicyclic) bond motifs is 1. The van der Waals surface area contributed by atoms with E-state index >= 15 is 0 Å². The molecular formula is C33H44N6O5. The summed E-state index contributed by atoms with van der Waals surface area (Å²) in [5.74, 6) is -2.03. The third-order valence-corrected chi connectivity index (χ3v) is 6.71. The molecule has 0 aliphatic heterocycles. The van der Waals surface area contributed by atoms with Crippen LogP contribution >= 0.6 is 0 Å². The van der Waals surface area contributed by atoms with Crippen LogP contribution in [0.1, 0.15) is 57.1 Å². The molecular weight excluding hydrogens is 560 g/mol. The molecule has 1 heterocycles. The molecule has 11 nitrogen and oxygen atoms in total. The van der Waals surface area contributed by atoms with Gasteiger partial charge in [0.25, 0.3) is 5.91 Å². The Morgan fingerprint density at radius 3 is 2.20 bits per heavy atom. The van der Waals surface area contributed by atoms with Crippen molar-refractivity contribution in [3.63, 3.8) is 0 Å². The van der Waals surface area contributed by atoms with E-state index in [-0.39, 0.29) is 30.6 Å². The zero-order valence-corrected chi connectivity index (χ0v) is 26.0. The normalized spacial score (nSPS) is 13.5. The van der Waals surface area contributed by atoms with E-state index in [0.29, 0.717) is 12.1 Å². The molecule has 0 fully saturated rings. The van der Waals surface area contributed by atoms with Gasteiger partial charge in [0.05, 0.1) is 30.6 Å². The molecule has 6 N–H and O–H groups in total. The van der Waals surface area contributed by atoms with Crippen LogP contribution in [0.2, 0.25) is 0 Å². The quantitative estimate of drug-likeness (QED) is 0.201. The van der Waals surface area contributed by atoms with E-state index in [4.69, 9.17) is 5.73 Å². The number of aliphatic hydroxyl groups is 1. The number of rotatable bonds is 13. The van der Waals surface area contributed by atoms with Gasteiger partial charge in [0.15, 0.2) is 0 Å². The highest BCUT2D eigenvalue weighted by Crippen LogP contribution is 2.14. The summed E-state index contributed by atoms with van der Waals surface area (Å²) in [6, 6.07) is 17.3. The summed E-state index contributed by atoms with van der Waals surface area (Å²) in [5, 5.41) is 20.6. The number of primary amides is 1. The number of amides is 5. The number of hydrogen-bond donors (Lipinski definition) is 5. The number of hydrogen-bond acceptors (Lipinski definition) is 6. The number of aromatic nitrogens is 1. The van der Waals surface area contributed by atoms with Crippen LogP contribution in [0.5, 0.6) is 0 Å². The summed E-state index contributed by atoms with van der Waals surface area (Å²) in [7, 11) is 0. The molecule has 3 rings (SSSR count). The molecule has 5 amide bonds. The first-order valence-electron chi connectivity index (χ1n) is 14.8. The van der Waals surface area contributed by atoms with E-state index in [1.165, 1.54) is 11.0 Å². The topological polar surface area (TPSA) is 167 Å². The number of carbonyl (C=O) groups excluding carboxylic acids is 4. The molecule has 2 aromatic carbocycles. The maximum absolute atomic E-state index is 13.6. The van der Waals surface area contributed by atoms with Crippen molar-refractivity contribution >= 4 is 34.7 Å². The Bertz CT molecular complexity index is 1440. The first kappa shape index (κ1) is 34.0. The second-order valence-corrected chi connectivity index (χ2v) is 12.4. The highest BCUT2D eigenvalue weighted by Gasteiger charge is 2.31. The summed E-state index contributed by atoms with van der Waals surface area (Å²) >= 11 is 0. The fourth-order valence-electron chi connectivity index (χ4n) is 4.70. The van der Waals surface area contributed by atoms with Crippen LogP contribution in [-0.4, -0.2) is 75.6 Å². The van der Waals surface area contributed by atoms with Crippen molar-refractivity contribution in [1.29, 1.82) is 0 Å². The van der Waals surface area contributed by atoms with E-state index in [9.17, 15) is 24.3 Å². The van der Waals surface area contributed by atoms with E-state index in [0.717, 1.165) is 10.9 Å². The van der Waals surface area contributed by atoms with Crippen molar-refractivity contribution in [2.75, 3.05) is 13.1 Å². The molecule has 0 radical (unpaired) electrons. The van der Waals surface area contributed by atoms with Gasteiger partial charge >= 0.3 is 6.03 Å². The van der Waals surface area contributed by atoms with E-state index in [1.54, 1.807) is 18.2 Å². The van der Waals surface area contributed by atoms with Crippen molar-refractivity contribution in [2.45, 2.75) is 71.2 Å². The maximum Gasteiger partial charge on any atom is 0.317 e. The summed E-state index contributed by atoms with van der Waals surface area (Å²) in [6.45, 7) is 9.86. The Labute approximate surface area is 258 Å². The van der Waals surface area contributed by atoms with Gasteiger partial charge in [-0.25, -0.2) is 9.78 Å². The first-order chi connectivity index (χ1) is 20.7. The zero-order valence-electron chi connectivity index (χ0n) is 26.0. The van der Waals surface area contributed by atoms with Gasteiger partial charge in [0.2, 0.25) is 11.8 Å². The number of benzene rings is 2. The monoisotopic (exact) mass is 604 g/mol. The number of aliphatic hydroxyl groups excluding tert-OH is 1. The molecule has 3 atom stereocenters. The summed E-state index contributed by atoms with van der Waals surface area (Å²) in [5.41, 5.74) is 6.46. The number of urea groups is 1. The highest BCUT2D eigenvalue weighted by atomic mass is 16.3. The van der Waals surface area contributed by atoms with Gasteiger partial charge in [-0.3, -0.25) is 14.4 Å². The molecule has 1 aromatic heterocycles. The Morgan fingerprint density at radius 1 is 0.909 bits per heavy atom. The summed E-state index contributed by atoms with van der Waals surface area (Å²) < 4.78 is 0. The van der Waals surface area contributed by atoms with Crippen molar-refractivity contribution in [3.8, 4) is 0 Å². The van der Waals surface area contributed by atoms with Gasteiger partial charge < -0.3 is 31.7 Å². The van der Waals surface area contributed by atoms with Crippen molar-refractivity contribution < 1.29 is 24.3 Å². The minimum Gasteiger partial charge on any atom is -0.389 e. The van der Waals surface area contributed by atoms with Gasteiger partial charge in [-0.05, 0) is 50.8 Å². The van der Waals surface area contributed by atoms with Crippen LogP contribution < -0.4 is 21.7 Å². The molecule has 3 aromatic rings.